The summed E-state index contributed by atoms with van der Waals surface area (Å²) < 4.78 is 10.7. The quantitative estimate of drug-likeness (QED) is 0.596. The minimum Gasteiger partial charge on any atom is -0.495 e. The van der Waals surface area contributed by atoms with Crippen molar-refractivity contribution in [3.8, 4) is 11.4 Å². The number of hydrogen-bond donors (Lipinski definition) is 2. The molecule has 3 rings (SSSR count). The number of nitrogens with two attached hydrogens (primary N) is 1. The van der Waals surface area contributed by atoms with Gasteiger partial charge in [-0.3, -0.25) is 24.3 Å². The van der Waals surface area contributed by atoms with E-state index in [-0.39, 0.29) is 39.0 Å². The van der Waals surface area contributed by atoms with Crippen molar-refractivity contribution in [3.63, 3.8) is 0 Å². The van der Waals surface area contributed by atoms with Crippen LogP contribution in [0.25, 0.3) is 5.69 Å². The van der Waals surface area contributed by atoms with Gasteiger partial charge in [0.1, 0.15) is 16.6 Å². The van der Waals surface area contributed by atoms with Gasteiger partial charge in [0.05, 0.1) is 36.6 Å². The third kappa shape index (κ3) is 2.49. The van der Waals surface area contributed by atoms with Crippen molar-refractivity contribution in [3.05, 3.63) is 50.3 Å². The maximum atomic E-state index is 12.5. The van der Waals surface area contributed by atoms with Gasteiger partial charge in [0, 0.05) is 6.07 Å². The van der Waals surface area contributed by atoms with Crippen LogP contribution >= 0.6 is 11.6 Å². The van der Waals surface area contributed by atoms with E-state index in [9.17, 15) is 19.2 Å². The number of methoxy groups -OCH3 is 2. The molecular weight excluding hydrogens is 366 g/mol. The zero-order valence-corrected chi connectivity index (χ0v) is 14.3. The van der Waals surface area contributed by atoms with Crippen LogP contribution in [-0.2, 0) is 4.74 Å². The summed E-state index contributed by atoms with van der Waals surface area (Å²) in [5.74, 6) is -2.34. The third-order valence-corrected chi connectivity index (χ3v) is 4.24. The number of benzene rings is 1. The molecule has 0 unspecified atom stereocenters. The number of nitrogens with zero attached hydrogens (tertiary/aromatic N) is 1. The van der Waals surface area contributed by atoms with E-state index in [4.69, 9.17) is 22.1 Å². The van der Waals surface area contributed by atoms with Gasteiger partial charge in [0.25, 0.3) is 17.4 Å². The SMILES string of the molecule is COC(=O)c1cc(OC)c(Cl)c(-n2c(N)c3c(cc2=O)C(=O)NC3=O)c1. The molecule has 26 heavy (non-hydrogen) atoms. The Kier molecular flexibility index (Phi) is 4.17. The first-order valence-electron chi connectivity index (χ1n) is 7.17. The molecule has 3 N–H and O–H groups in total. The van der Waals surface area contributed by atoms with Crippen molar-refractivity contribution < 1.29 is 23.9 Å². The Hall–Kier alpha value is -3.33. The molecule has 1 aliphatic rings. The molecule has 9 nitrogen and oxygen atoms in total. The molecule has 0 fully saturated rings. The Morgan fingerprint density at radius 2 is 1.85 bits per heavy atom. The molecule has 0 radical (unpaired) electrons. The monoisotopic (exact) mass is 377 g/mol. The first-order chi connectivity index (χ1) is 12.3. The molecule has 1 aliphatic heterocycles. The number of ether oxygens (including phenoxy) is 2. The summed E-state index contributed by atoms with van der Waals surface area (Å²) in [6.45, 7) is 0. The van der Waals surface area contributed by atoms with Gasteiger partial charge in [0.15, 0.2) is 0 Å². The van der Waals surface area contributed by atoms with E-state index in [0.29, 0.717) is 0 Å². The number of pyridine rings is 1. The van der Waals surface area contributed by atoms with Gasteiger partial charge >= 0.3 is 5.97 Å². The van der Waals surface area contributed by atoms with Crippen LogP contribution in [0.15, 0.2) is 23.0 Å². The number of carbonyl (C=O) groups excluding carboxylic acids is 3. The molecule has 134 valence electrons. The molecule has 1 aromatic carbocycles. The van der Waals surface area contributed by atoms with Crippen LogP contribution in [-0.4, -0.2) is 36.6 Å². The van der Waals surface area contributed by atoms with Crippen LogP contribution < -0.4 is 21.3 Å². The zero-order chi connectivity index (χ0) is 19.2. The fraction of sp³-hybridized carbons (Fsp3) is 0.125. The number of hydrogen-bond acceptors (Lipinski definition) is 7. The number of anilines is 1. The van der Waals surface area contributed by atoms with Gasteiger partial charge in [-0.1, -0.05) is 11.6 Å². The zero-order valence-electron chi connectivity index (χ0n) is 13.6. The highest BCUT2D eigenvalue weighted by atomic mass is 35.5. The summed E-state index contributed by atoms with van der Waals surface area (Å²) in [5, 5.41) is 2.05. The van der Waals surface area contributed by atoms with Crippen LogP contribution in [0.1, 0.15) is 31.1 Å². The van der Waals surface area contributed by atoms with E-state index in [1.165, 1.54) is 26.4 Å². The van der Waals surface area contributed by atoms with Crippen molar-refractivity contribution in [2.24, 2.45) is 0 Å². The number of carbonyl (C=O) groups is 3. The fourth-order valence-electron chi connectivity index (χ4n) is 2.66. The van der Waals surface area contributed by atoms with Gasteiger partial charge in [-0.2, -0.15) is 0 Å². The second-order valence-corrected chi connectivity index (χ2v) is 5.66. The predicted molar refractivity (Wildman–Crippen MR) is 91.1 cm³/mol. The number of fused-ring (bicyclic) bond motifs is 1. The molecule has 1 aromatic heterocycles. The molecule has 0 aliphatic carbocycles. The number of nitrogen functional groups attached to an aromatic ring is 1. The molecule has 2 aromatic rings. The first-order valence-corrected chi connectivity index (χ1v) is 7.55. The van der Waals surface area contributed by atoms with Gasteiger partial charge < -0.3 is 15.2 Å². The summed E-state index contributed by atoms with van der Waals surface area (Å²) in [4.78, 5) is 48.1. The van der Waals surface area contributed by atoms with Crippen molar-refractivity contribution in [1.82, 2.24) is 9.88 Å². The maximum absolute atomic E-state index is 12.5. The second kappa shape index (κ2) is 6.19. The Labute approximate surface area is 151 Å². The summed E-state index contributed by atoms with van der Waals surface area (Å²) in [6, 6.07) is 3.58. The Balaban J connectivity index is 2.36. The van der Waals surface area contributed by atoms with Crippen LogP contribution in [0.2, 0.25) is 5.02 Å². The Bertz CT molecular complexity index is 1040. The minimum absolute atomic E-state index is 0.00358. The van der Waals surface area contributed by atoms with E-state index >= 15 is 0 Å². The molecule has 0 saturated heterocycles. The molecular formula is C16H12ClN3O6. The highest BCUT2D eigenvalue weighted by Gasteiger charge is 2.32. The summed E-state index contributed by atoms with van der Waals surface area (Å²) in [5.41, 5.74) is 5.05. The van der Waals surface area contributed by atoms with Crippen molar-refractivity contribution in [1.29, 1.82) is 0 Å². The predicted octanol–water partition coefficient (Wildman–Crippen LogP) is 0.752. The van der Waals surface area contributed by atoms with Crippen molar-refractivity contribution >= 4 is 35.2 Å². The maximum Gasteiger partial charge on any atom is 0.338 e. The van der Waals surface area contributed by atoms with Gasteiger partial charge in [-0.15, -0.1) is 0 Å². The smallest absolute Gasteiger partial charge is 0.338 e. The lowest BCUT2D eigenvalue weighted by molar-refractivity contribution is 0.0600. The number of imide groups is 1. The number of aromatic nitrogens is 1. The van der Waals surface area contributed by atoms with E-state index < -0.39 is 23.3 Å². The third-order valence-electron chi connectivity index (χ3n) is 3.86. The van der Waals surface area contributed by atoms with Crippen LogP contribution in [0.4, 0.5) is 5.82 Å². The van der Waals surface area contributed by atoms with E-state index in [1.54, 1.807) is 0 Å². The van der Waals surface area contributed by atoms with Gasteiger partial charge in [-0.05, 0) is 12.1 Å². The summed E-state index contributed by atoms with van der Waals surface area (Å²) in [6.07, 6.45) is 0. The normalized spacial score (nSPS) is 12.6. The summed E-state index contributed by atoms with van der Waals surface area (Å²) in [7, 11) is 2.52. The van der Waals surface area contributed by atoms with E-state index in [1.807, 2.05) is 0 Å². The minimum atomic E-state index is -0.733. The lowest BCUT2D eigenvalue weighted by Crippen LogP contribution is -2.24. The Morgan fingerprint density at radius 3 is 2.46 bits per heavy atom. The first kappa shape index (κ1) is 17.5. The lowest BCUT2D eigenvalue weighted by Gasteiger charge is -2.16. The van der Waals surface area contributed by atoms with Crippen LogP contribution in [0, 0.1) is 0 Å². The van der Waals surface area contributed by atoms with Crippen molar-refractivity contribution in [2.45, 2.75) is 0 Å². The average molecular weight is 378 g/mol. The topological polar surface area (TPSA) is 130 Å². The van der Waals surface area contributed by atoms with Gasteiger partial charge in [0.2, 0.25) is 0 Å². The molecule has 2 heterocycles. The average Bonchev–Trinajstić information content (AvgIpc) is 2.89. The number of amides is 2. The highest BCUT2D eigenvalue weighted by Crippen LogP contribution is 2.34. The number of halogens is 1. The molecule has 10 heteroatoms. The molecule has 2 amide bonds. The van der Waals surface area contributed by atoms with E-state index in [0.717, 1.165) is 10.6 Å². The molecule has 0 bridgehead atoms. The fourth-order valence-corrected chi connectivity index (χ4v) is 2.93. The number of esters is 1. The largest absolute Gasteiger partial charge is 0.495 e. The molecule has 0 atom stereocenters. The highest BCUT2D eigenvalue weighted by molar-refractivity contribution is 6.34. The summed E-state index contributed by atoms with van der Waals surface area (Å²) >= 11 is 6.26. The second-order valence-electron chi connectivity index (χ2n) is 5.28. The van der Waals surface area contributed by atoms with Gasteiger partial charge in [-0.25, -0.2) is 4.79 Å². The van der Waals surface area contributed by atoms with Crippen LogP contribution in [0.3, 0.4) is 0 Å². The number of rotatable bonds is 3. The lowest BCUT2D eigenvalue weighted by atomic mass is 10.1. The van der Waals surface area contributed by atoms with E-state index in [2.05, 4.69) is 10.1 Å². The van der Waals surface area contributed by atoms with Crippen LogP contribution in [0.5, 0.6) is 5.75 Å². The standard InChI is InChI=1S/C16H12ClN3O6/c1-25-9-4-6(16(24)26-2)3-8(12(9)17)20-10(21)5-7-11(13(20)18)15(23)19-14(7)22/h3-5H,18H2,1-2H3,(H,19,22,23). The molecule has 0 spiro atoms. The Morgan fingerprint density at radius 1 is 1.15 bits per heavy atom. The van der Waals surface area contributed by atoms with Crippen molar-refractivity contribution in [2.75, 3.05) is 20.0 Å². The molecule has 0 saturated carbocycles. The number of nitrogens with one attached hydrogen (secondary N) is 1.